The molecule has 40 heavy (non-hydrogen) atoms. The van der Waals surface area contributed by atoms with Gasteiger partial charge in [-0.1, -0.05) is 41.9 Å². The van der Waals surface area contributed by atoms with E-state index in [-0.39, 0.29) is 11.1 Å². The number of halogens is 2. The molecule has 4 rings (SSSR count). The van der Waals surface area contributed by atoms with Crippen LogP contribution in [0.3, 0.4) is 0 Å². The van der Waals surface area contributed by atoms with Gasteiger partial charge in [0.2, 0.25) is 0 Å². The summed E-state index contributed by atoms with van der Waals surface area (Å²) in [6, 6.07) is 16.5. The maximum Gasteiger partial charge on any atom is 0.141 e. The van der Waals surface area contributed by atoms with E-state index < -0.39 is 11.9 Å². The van der Waals surface area contributed by atoms with Crippen LogP contribution < -0.4 is 14.8 Å². The third kappa shape index (κ3) is 8.18. The molecule has 1 unspecified atom stereocenters. The average molecular weight is 571 g/mol. The van der Waals surface area contributed by atoms with Gasteiger partial charge in [0, 0.05) is 26.2 Å². The molecule has 0 aliphatic carbocycles. The summed E-state index contributed by atoms with van der Waals surface area (Å²) in [6.07, 6.45) is 1.60. The summed E-state index contributed by atoms with van der Waals surface area (Å²) in [5.74, 6) is 1.24. The second-order valence-electron chi connectivity index (χ2n) is 10.4. The lowest BCUT2D eigenvalue weighted by Gasteiger charge is -2.18. The molecule has 1 aliphatic rings. The first kappa shape index (κ1) is 30.3. The van der Waals surface area contributed by atoms with Gasteiger partial charge in [0.15, 0.2) is 0 Å². The number of hydrogen-bond acceptors (Lipinski definition) is 6. The summed E-state index contributed by atoms with van der Waals surface area (Å²) in [5, 5.41) is 23.2. The average Bonchev–Trinajstić information content (AvgIpc) is 3.36. The zero-order valence-electron chi connectivity index (χ0n) is 23.3. The Morgan fingerprint density at radius 3 is 2.25 bits per heavy atom. The molecule has 1 fully saturated rings. The van der Waals surface area contributed by atoms with Crippen molar-refractivity contribution in [3.63, 3.8) is 0 Å². The summed E-state index contributed by atoms with van der Waals surface area (Å²) in [7, 11) is 0. The summed E-state index contributed by atoms with van der Waals surface area (Å²) in [4.78, 5) is 2.29. The Kier molecular flexibility index (Phi) is 11.2. The summed E-state index contributed by atoms with van der Waals surface area (Å²) in [5.41, 5.74) is 5.00. The lowest BCUT2D eigenvalue weighted by atomic mass is 9.95. The second-order valence-corrected chi connectivity index (χ2v) is 10.8. The number of β-amino-alcohol motifs (C(OH)–C–C–N with tert-alkyl or cyclic N) is 1. The van der Waals surface area contributed by atoms with Crippen molar-refractivity contribution in [1.82, 2.24) is 10.2 Å². The van der Waals surface area contributed by atoms with Crippen LogP contribution in [0, 0.1) is 19.7 Å². The number of nitrogens with zero attached hydrogens (tertiary/aromatic N) is 1. The highest BCUT2D eigenvalue weighted by Crippen LogP contribution is 2.35. The predicted molar refractivity (Wildman–Crippen MR) is 158 cm³/mol. The molecular weight excluding hydrogens is 531 g/mol. The van der Waals surface area contributed by atoms with Crippen molar-refractivity contribution in [2.75, 3.05) is 45.9 Å². The topological polar surface area (TPSA) is 74.2 Å². The zero-order chi connectivity index (χ0) is 28.5. The first-order valence-corrected chi connectivity index (χ1v) is 14.4. The lowest BCUT2D eigenvalue weighted by molar-refractivity contribution is 0.173. The van der Waals surface area contributed by atoms with E-state index in [1.165, 1.54) is 18.2 Å². The molecule has 2 atom stereocenters. The molecule has 0 bridgehead atoms. The molecule has 0 saturated carbocycles. The standard InChI is InChI=1S/C32H40ClFN2O4/c1-22-26(27-8-4-10-32(23(27)2)40-18-6-15-36-16-13-25(37)21-36)7-3-9-31(22)39-17-5-14-35-20-30(38)24-11-12-29(34)28(33)19-24/h3-4,7-12,19,25,30,35,37-38H,5-6,13-18,20-21H2,1-2H3/t25-,30?/m1/s1. The van der Waals surface area contributed by atoms with Gasteiger partial charge < -0.3 is 29.9 Å². The number of ether oxygens (including phenoxy) is 2. The Bertz CT molecular complexity index is 1260. The van der Waals surface area contributed by atoms with Crippen LogP contribution in [0.25, 0.3) is 11.1 Å². The highest BCUT2D eigenvalue weighted by atomic mass is 35.5. The van der Waals surface area contributed by atoms with Crippen LogP contribution in [0.5, 0.6) is 11.5 Å². The van der Waals surface area contributed by atoms with Gasteiger partial charge in [-0.15, -0.1) is 0 Å². The van der Waals surface area contributed by atoms with E-state index in [1.54, 1.807) is 0 Å². The molecule has 3 aromatic carbocycles. The zero-order valence-corrected chi connectivity index (χ0v) is 24.1. The molecule has 6 nitrogen and oxygen atoms in total. The van der Waals surface area contributed by atoms with E-state index in [0.717, 1.165) is 72.6 Å². The Morgan fingerprint density at radius 2 is 1.65 bits per heavy atom. The van der Waals surface area contributed by atoms with Gasteiger partial charge in [-0.2, -0.15) is 0 Å². The fourth-order valence-electron chi connectivity index (χ4n) is 5.07. The molecule has 216 valence electrons. The molecule has 1 aliphatic heterocycles. The molecule has 1 heterocycles. The minimum atomic E-state index is -0.764. The van der Waals surface area contributed by atoms with Crippen molar-refractivity contribution in [1.29, 1.82) is 0 Å². The third-order valence-electron chi connectivity index (χ3n) is 7.40. The summed E-state index contributed by atoms with van der Waals surface area (Å²) >= 11 is 5.81. The quantitative estimate of drug-likeness (QED) is 0.216. The van der Waals surface area contributed by atoms with Gasteiger partial charge in [0.1, 0.15) is 17.3 Å². The molecule has 1 saturated heterocycles. The van der Waals surface area contributed by atoms with Crippen LogP contribution in [-0.4, -0.2) is 67.2 Å². The molecule has 0 aromatic heterocycles. The SMILES string of the molecule is Cc1c(OCCCNCC(O)c2ccc(F)c(Cl)c2)cccc1-c1cccc(OCCCN2CC[C@@H](O)C2)c1C. The van der Waals surface area contributed by atoms with Crippen LogP contribution in [0.4, 0.5) is 4.39 Å². The van der Waals surface area contributed by atoms with E-state index in [4.69, 9.17) is 21.1 Å². The number of benzene rings is 3. The molecule has 3 N–H and O–H groups in total. The maximum atomic E-state index is 13.3. The third-order valence-corrected chi connectivity index (χ3v) is 7.69. The summed E-state index contributed by atoms with van der Waals surface area (Å²) < 4.78 is 25.6. The lowest BCUT2D eigenvalue weighted by Crippen LogP contribution is -2.24. The first-order valence-electron chi connectivity index (χ1n) is 14.0. The highest BCUT2D eigenvalue weighted by Gasteiger charge is 2.19. The van der Waals surface area contributed by atoms with Crippen LogP contribution >= 0.6 is 11.6 Å². The van der Waals surface area contributed by atoms with Crippen molar-refractivity contribution in [3.8, 4) is 22.6 Å². The number of aliphatic hydroxyl groups is 2. The molecule has 0 amide bonds. The monoisotopic (exact) mass is 570 g/mol. The van der Waals surface area contributed by atoms with E-state index in [1.807, 2.05) is 24.3 Å². The molecule has 8 heteroatoms. The van der Waals surface area contributed by atoms with Gasteiger partial charge in [0.05, 0.1) is 30.4 Å². The fourth-order valence-corrected chi connectivity index (χ4v) is 5.26. The van der Waals surface area contributed by atoms with Crippen LogP contribution in [0.2, 0.25) is 5.02 Å². The molecule has 0 spiro atoms. The number of nitrogens with one attached hydrogen (secondary N) is 1. The van der Waals surface area contributed by atoms with Crippen molar-refractivity contribution in [2.45, 2.75) is 45.3 Å². The predicted octanol–water partition coefficient (Wildman–Crippen LogP) is 5.69. The Morgan fingerprint density at radius 1 is 1.00 bits per heavy atom. The number of likely N-dealkylation sites (tertiary alicyclic amines) is 1. The highest BCUT2D eigenvalue weighted by molar-refractivity contribution is 6.30. The van der Waals surface area contributed by atoms with Crippen LogP contribution in [0.1, 0.15) is 42.1 Å². The van der Waals surface area contributed by atoms with Gasteiger partial charge in [0.25, 0.3) is 0 Å². The van der Waals surface area contributed by atoms with Crippen LogP contribution in [-0.2, 0) is 0 Å². The second kappa shape index (κ2) is 14.8. The van der Waals surface area contributed by atoms with Gasteiger partial charge in [-0.3, -0.25) is 0 Å². The number of hydrogen-bond donors (Lipinski definition) is 3. The van der Waals surface area contributed by atoms with Crippen molar-refractivity contribution < 1.29 is 24.1 Å². The van der Waals surface area contributed by atoms with E-state index in [9.17, 15) is 14.6 Å². The summed E-state index contributed by atoms with van der Waals surface area (Å²) in [6.45, 7) is 9.01. The van der Waals surface area contributed by atoms with Crippen molar-refractivity contribution in [2.24, 2.45) is 0 Å². The van der Waals surface area contributed by atoms with Crippen LogP contribution in [0.15, 0.2) is 54.6 Å². The van der Waals surface area contributed by atoms with E-state index >= 15 is 0 Å². The first-order chi connectivity index (χ1) is 19.3. The Labute approximate surface area is 241 Å². The molecule has 0 radical (unpaired) electrons. The molecular formula is C32H40ClFN2O4. The van der Waals surface area contributed by atoms with Crippen molar-refractivity contribution in [3.05, 3.63) is 82.1 Å². The van der Waals surface area contributed by atoms with E-state index in [2.05, 4.69) is 36.2 Å². The van der Waals surface area contributed by atoms with Gasteiger partial charge in [-0.25, -0.2) is 4.39 Å². The number of aliphatic hydroxyl groups excluding tert-OH is 2. The van der Waals surface area contributed by atoms with E-state index in [0.29, 0.717) is 31.9 Å². The van der Waals surface area contributed by atoms with Gasteiger partial charge >= 0.3 is 0 Å². The van der Waals surface area contributed by atoms with Crippen molar-refractivity contribution >= 4 is 11.6 Å². The Hall–Kier alpha value is -2.68. The normalized spacial score (nSPS) is 16.3. The largest absolute Gasteiger partial charge is 0.493 e. The number of rotatable bonds is 14. The smallest absolute Gasteiger partial charge is 0.141 e. The Balaban J connectivity index is 1.24. The van der Waals surface area contributed by atoms with Gasteiger partial charge in [-0.05, 0) is 91.7 Å². The minimum absolute atomic E-state index is 0.00660. The maximum absolute atomic E-state index is 13.3. The minimum Gasteiger partial charge on any atom is -0.493 e. The fraction of sp³-hybridized carbons (Fsp3) is 0.438. The molecule has 3 aromatic rings.